The molecular formula is C11H29Cl2NO. The van der Waals surface area contributed by atoms with Gasteiger partial charge in [-0.3, -0.25) is 0 Å². The monoisotopic (exact) mass is 261 g/mol. The van der Waals surface area contributed by atoms with Crippen LogP contribution in [0.25, 0.3) is 0 Å². The number of hydrogen-bond donors (Lipinski definition) is 2. The highest BCUT2D eigenvalue weighted by Crippen LogP contribution is 2.24. The van der Waals surface area contributed by atoms with Crippen LogP contribution in [0.3, 0.4) is 0 Å². The van der Waals surface area contributed by atoms with E-state index < -0.39 is 5.60 Å². The fourth-order valence-corrected chi connectivity index (χ4v) is 0.667. The van der Waals surface area contributed by atoms with Crippen molar-refractivity contribution < 1.29 is 5.11 Å². The molecular weight excluding hydrogens is 233 g/mol. The third-order valence-electron chi connectivity index (χ3n) is 2.34. The summed E-state index contributed by atoms with van der Waals surface area (Å²) >= 11 is 0. The van der Waals surface area contributed by atoms with Crippen LogP contribution in [0.4, 0.5) is 0 Å². The Kier molecular flexibility index (Phi) is 28.0. The Labute approximate surface area is 108 Å². The van der Waals surface area contributed by atoms with E-state index in [1.54, 1.807) is 6.08 Å². The molecule has 0 aliphatic heterocycles. The summed E-state index contributed by atoms with van der Waals surface area (Å²) < 4.78 is 0. The molecule has 4 heteroatoms. The molecule has 4 N–H and O–H groups in total. The fourth-order valence-electron chi connectivity index (χ4n) is 0.667. The molecule has 0 aromatic heterocycles. The van der Waals surface area contributed by atoms with Gasteiger partial charge in [0.1, 0.15) is 0 Å². The Morgan fingerprint density at radius 1 is 1.07 bits per heavy atom. The van der Waals surface area contributed by atoms with Gasteiger partial charge in [-0.15, -0.1) is 31.4 Å². The van der Waals surface area contributed by atoms with E-state index in [-0.39, 0.29) is 31.0 Å². The first-order valence-corrected chi connectivity index (χ1v) is 4.60. The average Bonchev–Trinajstić information content (AvgIpc) is 1.88. The number of aliphatic hydroxyl groups is 1. The molecule has 0 aromatic rings. The predicted molar refractivity (Wildman–Crippen MR) is 75.7 cm³/mol. The molecule has 0 saturated heterocycles. The van der Waals surface area contributed by atoms with Crippen LogP contribution in [-0.4, -0.2) is 10.7 Å². The second-order valence-corrected chi connectivity index (χ2v) is 3.94. The Morgan fingerprint density at radius 2 is 1.20 bits per heavy atom. The quantitative estimate of drug-likeness (QED) is 0.731. The molecule has 0 heterocycles. The largest absolute Gasteiger partial charge is 0.390 e. The van der Waals surface area contributed by atoms with Crippen LogP contribution in [0.2, 0.25) is 0 Å². The van der Waals surface area contributed by atoms with Crippen molar-refractivity contribution in [2.45, 2.75) is 47.1 Å². The highest BCUT2D eigenvalue weighted by molar-refractivity contribution is 5.85. The van der Waals surface area contributed by atoms with Crippen LogP contribution < -0.4 is 6.15 Å². The highest BCUT2D eigenvalue weighted by Gasteiger charge is 2.28. The second kappa shape index (κ2) is 14.2. The summed E-state index contributed by atoms with van der Waals surface area (Å²) in [5.74, 6) is 0.690. The van der Waals surface area contributed by atoms with Gasteiger partial charge in [-0.1, -0.05) is 33.8 Å². The molecule has 0 amide bonds. The van der Waals surface area contributed by atoms with Gasteiger partial charge in [0, 0.05) is 0 Å². The van der Waals surface area contributed by atoms with Crippen molar-refractivity contribution in [1.82, 2.24) is 6.15 Å². The lowest BCUT2D eigenvalue weighted by Crippen LogP contribution is -2.36. The van der Waals surface area contributed by atoms with E-state index in [0.29, 0.717) is 11.8 Å². The summed E-state index contributed by atoms with van der Waals surface area (Å²) in [4.78, 5) is 0. The van der Waals surface area contributed by atoms with E-state index in [1.165, 1.54) is 0 Å². The number of halogens is 2. The third kappa shape index (κ3) is 14.2. The molecule has 0 aliphatic rings. The van der Waals surface area contributed by atoms with Gasteiger partial charge in [-0.05, 0) is 25.7 Å². The van der Waals surface area contributed by atoms with Crippen LogP contribution in [-0.2, 0) is 0 Å². The lowest BCUT2D eigenvalue weighted by Gasteiger charge is -2.31. The van der Waals surface area contributed by atoms with Gasteiger partial charge in [0.25, 0.3) is 0 Å². The molecule has 0 aromatic carbocycles. The van der Waals surface area contributed by atoms with E-state index >= 15 is 0 Å². The molecule has 2 nitrogen and oxygen atoms in total. The zero-order valence-corrected chi connectivity index (χ0v) is 12.5. The third-order valence-corrected chi connectivity index (χ3v) is 2.34. The van der Waals surface area contributed by atoms with Gasteiger partial charge in [0.05, 0.1) is 5.60 Å². The maximum absolute atomic E-state index is 9.67. The fraction of sp³-hybridized carbons (Fsp3) is 0.818. The zero-order valence-electron chi connectivity index (χ0n) is 10.9. The Bertz CT molecular complexity index is 116. The van der Waals surface area contributed by atoms with Crippen molar-refractivity contribution in [3.8, 4) is 0 Å². The second-order valence-electron chi connectivity index (χ2n) is 3.94. The van der Waals surface area contributed by atoms with Crippen molar-refractivity contribution >= 4 is 24.8 Å². The minimum Gasteiger partial charge on any atom is -0.390 e. The summed E-state index contributed by atoms with van der Waals surface area (Å²) in [6.45, 7) is 15.3. The normalized spacial score (nSPS) is 8.87. The molecule has 0 aliphatic carbocycles. The van der Waals surface area contributed by atoms with Gasteiger partial charge in [-0.25, -0.2) is 0 Å². The summed E-state index contributed by atoms with van der Waals surface area (Å²) in [5.41, 5.74) is -0.500. The molecule has 0 radical (unpaired) electrons. The van der Waals surface area contributed by atoms with Gasteiger partial charge < -0.3 is 11.3 Å². The van der Waals surface area contributed by atoms with Crippen molar-refractivity contribution in [3.05, 3.63) is 12.7 Å². The van der Waals surface area contributed by atoms with Crippen LogP contribution >= 0.6 is 24.8 Å². The molecule has 0 atom stereocenters. The first kappa shape index (κ1) is 29.5. The highest BCUT2D eigenvalue weighted by atomic mass is 35.5. The molecule has 98 valence electrons. The summed E-state index contributed by atoms with van der Waals surface area (Å²) in [6, 6.07) is 0. The van der Waals surface area contributed by atoms with Crippen LogP contribution in [0.5, 0.6) is 0 Å². The lowest BCUT2D eigenvalue weighted by atomic mass is 9.82. The Balaban J connectivity index is -0.0000000500. The van der Waals surface area contributed by atoms with Crippen molar-refractivity contribution in [1.29, 1.82) is 0 Å². The standard InChI is InChI=1S/C8H18O.C3H6.2ClH.H3N/c1-6(2)8(5,9)7(3)4;1-3-2;;;/h6-7,9H,1-5H3;3H,1H2,2H3;2*1H;1H3. The van der Waals surface area contributed by atoms with Crippen molar-refractivity contribution in [3.63, 3.8) is 0 Å². The summed E-state index contributed by atoms with van der Waals surface area (Å²) in [6.07, 6.45) is 1.75. The van der Waals surface area contributed by atoms with Crippen LogP contribution in [0.15, 0.2) is 12.7 Å². The van der Waals surface area contributed by atoms with E-state index in [4.69, 9.17) is 0 Å². The van der Waals surface area contributed by atoms with Crippen molar-refractivity contribution in [2.75, 3.05) is 0 Å². The number of hydrogen-bond acceptors (Lipinski definition) is 2. The molecule has 0 rings (SSSR count). The van der Waals surface area contributed by atoms with Crippen LogP contribution in [0.1, 0.15) is 41.5 Å². The SMILES string of the molecule is C=CC.CC(C)C(C)(O)C(C)C.Cl.Cl.N. The van der Waals surface area contributed by atoms with E-state index in [0.717, 1.165) is 0 Å². The summed E-state index contributed by atoms with van der Waals surface area (Å²) in [5, 5.41) is 9.67. The van der Waals surface area contributed by atoms with Crippen molar-refractivity contribution in [2.24, 2.45) is 11.8 Å². The molecule has 0 spiro atoms. The first-order valence-electron chi connectivity index (χ1n) is 4.60. The molecule has 15 heavy (non-hydrogen) atoms. The predicted octanol–water partition coefficient (Wildman–Crippen LogP) is 4.25. The molecule has 0 bridgehead atoms. The van der Waals surface area contributed by atoms with Gasteiger partial charge in [0.2, 0.25) is 0 Å². The van der Waals surface area contributed by atoms with E-state index in [9.17, 15) is 5.11 Å². The topological polar surface area (TPSA) is 55.2 Å². The van der Waals surface area contributed by atoms with Crippen LogP contribution in [0, 0.1) is 11.8 Å². The van der Waals surface area contributed by atoms with E-state index in [2.05, 4.69) is 6.58 Å². The van der Waals surface area contributed by atoms with Gasteiger partial charge >= 0.3 is 0 Å². The number of rotatable bonds is 2. The van der Waals surface area contributed by atoms with E-state index in [1.807, 2.05) is 41.5 Å². The molecule has 0 saturated carbocycles. The Hall–Kier alpha value is 0.240. The maximum Gasteiger partial charge on any atom is 0.0665 e. The smallest absolute Gasteiger partial charge is 0.0665 e. The van der Waals surface area contributed by atoms with Gasteiger partial charge in [0.15, 0.2) is 0 Å². The summed E-state index contributed by atoms with van der Waals surface area (Å²) in [7, 11) is 0. The lowest BCUT2D eigenvalue weighted by molar-refractivity contribution is -0.0289. The molecule has 0 unspecified atom stereocenters. The van der Waals surface area contributed by atoms with Gasteiger partial charge in [-0.2, -0.15) is 0 Å². The molecule has 0 fully saturated rings. The Morgan fingerprint density at radius 3 is 1.20 bits per heavy atom. The number of allylic oxidation sites excluding steroid dienone is 1. The minimum absolute atomic E-state index is 0. The maximum atomic E-state index is 9.67. The first-order chi connectivity index (χ1) is 5.30. The average molecular weight is 262 g/mol. The minimum atomic E-state index is -0.500. The zero-order chi connectivity index (χ0) is 10.4.